The first kappa shape index (κ1) is 9.43. The zero-order valence-corrected chi connectivity index (χ0v) is 8.41. The molecule has 0 bridgehead atoms. The Morgan fingerprint density at radius 1 is 1.43 bits per heavy atom. The van der Waals surface area contributed by atoms with Crippen molar-refractivity contribution in [2.24, 2.45) is 5.73 Å². The molecule has 0 saturated carbocycles. The van der Waals surface area contributed by atoms with Gasteiger partial charge in [-0.2, -0.15) is 5.10 Å². The number of hydrogen-bond donors (Lipinski definition) is 1. The van der Waals surface area contributed by atoms with Gasteiger partial charge in [0.1, 0.15) is 5.15 Å². The summed E-state index contributed by atoms with van der Waals surface area (Å²) in [6.07, 6.45) is 3.71. The molecule has 0 radical (unpaired) electrons. The minimum atomic E-state index is 0.472. The highest BCUT2D eigenvalue weighted by Gasteiger charge is 2.01. The van der Waals surface area contributed by atoms with Crippen LogP contribution in [0.15, 0.2) is 18.3 Å². The fourth-order valence-electron chi connectivity index (χ4n) is 1.31. The topological polar surface area (TPSA) is 56.2 Å². The Morgan fingerprint density at radius 2 is 2.29 bits per heavy atom. The Balaban J connectivity index is 2.32. The Kier molecular flexibility index (Phi) is 2.65. The third kappa shape index (κ3) is 1.86. The number of hydrogen-bond acceptors (Lipinski definition) is 3. The first-order valence-corrected chi connectivity index (χ1v) is 4.88. The van der Waals surface area contributed by atoms with Crippen LogP contribution in [0.2, 0.25) is 5.15 Å². The molecule has 0 saturated heterocycles. The van der Waals surface area contributed by atoms with E-state index in [4.69, 9.17) is 17.3 Å². The summed E-state index contributed by atoms with van der Waals surface area (Å²) in [5.41, 5.74) is 7.25. The van der Waals surface area contributed by atoms with Gasteiger partial charge in [0.2, 0.25) is 0 Å². The van der Waals surface area contributed by atoms with Crippen molar-refractivity contribution in [3.63, 3.8) is 0 Å². The van der Waals surface area contributed by atoms with Crippen LogP contribution in [-0.2, 0) is 6.42 Å². The number of halogens is 1. The van der Waals surface area contributed by atoms with Crippen molar-refractivity contribution < 1.29 is 0 Å². The number of rotatable bonds is 3. The highest BCUT2D eigenvalue weighted by Crippen LogP contribution is 2.08. The van der Waals surface area contributed by atoms with Gasteiger partial charge in [-0.3, -0.25) is 0 Å². The van der Waals surface area contributed by atoms with Gasteiger partial charge < -0.3 is 5.73 Å². The zero-order chi connectivity index (χ0) is 9.97. The van der Waals surface area contributed by atoms with Crippen molar-refractivity contribution in [1.82, 2.24) is 14.6 Å². The molecule has 0 aliphatic carbocycles. The van der Waals surface area contributed by atoms with Gasteiger partial charge >= 0.3 is 0 Å². The van der Waals surface area contributed by atoms with Crippen LogP contribution in [0.3, 0.4) is 0 Å². The van der Waals surface area contributed by atoms with Crippen LogP contribution < -0.4 is 5.73 Å². The van der Waals surface area contributed by atoms with Crippen LogP contribution in [0.25, 0.3) is 5.65 Å². The van der Waals surface area contributed by atoms with Gasteiger partial charge in [0.25, 0.3) is 0 Å². The van der Waals surface area contributed by atoms with E-state index in [1.807, 2.05) is 12.3 Å². The molecule has 2 N–H and O–H groups in total. The Labute approximate surface area is 86.7 Å². The summed E-state index contributed by atoms with van der Waals surface area (Å²) in [6.45, 7) is 0.683. The average molecular weight is 211 g/mol. The summed E-state index contributed by atoms with van der Waals surface area (Å²) in [4.78, 5) is 4.38. The summed E-state index contributed by atoms with van der Waals surface area (Å²) in [6, 6.07) is 3.58. The van der Waals surface area contributed by atoms with E-state index in [0.717, 1.165) is 24.2 Å². The van der Waals surface area contributed by atoms with Crippen LogP contribution in [0, 0.1) is 0 Å². The van der Waals surface area contributed by atoms with Crippen LogP contribution in [0.5, 0.6) is 0 Å². The fraction of sp³-hybridized carbons (Fsp3) is 0.333. The first-order chi connectivity index (χ1) is 6.79. The van der Waals surface area contributed by atoms with E-state index >= 15 is 0 Å². The summed E-state index contributed by atoms with van der Waals surface area (Å²) in [7, 11) is 0. The molecule has 2 aromatic heterocycles. The van der Waals surface area contributed by atoms with Crippen LogP contribution in [0.1, 0.15) is 12.1 Å². The molecule has 2 rings (SSSR count). The lowest BCUT2D eigenvalue weighted by Gasteiger charge is -1.90. The molecule has 0 aliphatic heterocycles. The van der Waals surface area contributed by atoms with Crippen molar-refractivity contribution >= 4 is 17.2 Å². The van der Waals surface area contributed by atoms with Gasteiger partial charge in [0.15, 0.2) is 5.65 Å². The quantitative estimate of drug-likeness (QED) is 0.830. The number of aromatic nitrogens is 3. The molecule has 0 atom stereocenters. The van der Waals surface area contributed by atoms with E-state index in [9.17, 15) is 0 Å². The van der Waals surface area contributed by atoms with Gasteiger partial charge in [-0.25, -0.2) is 9.50 Å². The Hall–Kier alpha value is -1.13. The molecule has 0 unspecified atom stereocenters. The number of fused-ring (bicyclic) bond motifs is 1. The summed E-state index contributed by atoms with van der Waals surface area (Å²) >= 11 is 5.75. The lowest BCUT2D eigenvalue weighted by Crippen LogP contribution is -2.00. The van der Waals surface area contributed by atoms with Crippen molar-refractivity contribution in [3.8, 4) is 0 Å². The second kappa shape index (κ2) is 3.94. The van der Waals surface area contributed by atoms with Crippen molar-refractivity contribution in [3.05, 3.63) is 29.2 Å². The molecule has 0 spiro atoms. The van der Waals surface area contributed by atoms with Crippen LogP contribution in [0.4, 0.5) is 0 Å². The lowest BCUT2D eigenvalue weighted by molar-refractivity contribution is 0.814. The Bertz CT molecular complexity index is 437. The molecule has 4 nitrogen and oxygen atoms in total. The molecule has 14 heavy (non-hydrogen) atoms. The van der Waals surface area contributed by atoms with E-state index in [0.29, 0.717) is 11.7 Å². The van der Waals surface area contributed by atoms with Gasteiger partial charge in [0.05, 0.1) is 11.9 Å². The molecule has 0 fully saturated rings. The second-order valence-electron chi connectivity index (χ2n) is 3.08. The molecule has 74 valence electrons. The van der Waals surface area contributed by atoms with Gasteiger partial charge in [-0.05, 0) is 31.5 Å². The number of nitrogens with zero attached hydrogens (tertiary/aromatic N) is 3. The fourth-order valence-corrected chi connectivity index (χ4v) is 1.46. The molecule has 0 amide bonds. The summed E-state index contributed by atoms with van der Waals surface area (Å²) in [5.74, 6) is 0. The monoisotopic (exact) mass is 210 g/mol. The lowest BCUT2D eigenvalue weighted by atomic mass is 10.2. The number of aryl methyl sites for hydroxylation is 1. The maximum absolute atomic E-state index is 5.75. The predicted molar refractivity (Wildman–Crippen MR) is 55.4 cm³/mol. The van der Waals surface area contributed by atoms with Crippen molar-refractivity contribution in [1.29, 1.82) is 0 Å². The van der Waals surface area contributed by atoms with Crippen molar-refractivity contribution in [2.75, 3.05) is 6.54 Å². The van der Waals surface area contributed by atoms with Crippen molar-refractivity contribution in [2.45, 2.75) is 12.8 Å². The summed E-state index contributed by atoms with van der Waals surface area (Å²) < 4.78 is 1.69. The molecule has 5 heteroatoms. The highest BCUT2D eigenvalue weighted by molar-refractivity contribution is 6.29. The molecular weight excluding hydrogens is 200 g/mol. The van der Waals surface area contributed by atoms with Crippen LogP contribution >= 0.6 is 11.6 Å². The van der Waals surface area contributed by atoms with E-state index in [-0.39, 0.29) is 0 Å². The Morgan fingerprint density at radius 3 is 3.07 bits per heavy atom. The van der Waals surface area contributed by atoms with Gasteiger partial charge in [-0.15, -0.1) is 0 Å². The predicted octanol–water partition coefficient (Wildman–Crippen LogP) is 1.27. The van der Waals surface area contributed by atoms with E-state index in [1.54, 1.807) is 10.6 Å². The third-order valence-electron chi connectivity index (χ3n) is 1.97. The third-order valence-corrected chi connectivity index (χ3v) is 2.18. The molecule has 2 aromatic rings. The standard InChI is InChI=1S/C9H11ClN4/c10-8-3-4-9-12-7(2-1-5-11)6-14(9)13-8/h3-4,6H,1-2,5,11H2. The normalized spacial score (nSPS) is 11.0. The molecule has 0 aromatic carbocycles. The number of nitrogens with two attached hydrogens (primary N) is 1. The number of imidazole rings is 1. The van der Waals surface area contributed by atoms with E-state index in [1.165, 1.54) is 0 Å². The molecule has 2 heterocycles. The average Bonchev–Trinajstić information content (AvgIpc) is 2.56. The SMILES string of the molecule is NCCCc1cn2nc(Cl)ccc2n1. The minimum Gasteiger partial charge on any atom is -0.330 e. The molecule has 0 aliphatic rings. The smallest absolute Gasteiger partial charge is 0.153 e. The largest absolute Gasteiger partial charge is 0.330 e. The van der Waals surface area contributed by atoms with E-state index < -0.39 is 0 Å². The maximum atomic E-state index is 5.75. The second-order valence-corrected chi connectivity index (χ2v) is 3.47. The first-order valence-electron chi connectivity index (χ1n) is 4.50. The highest BCUT2D eigenvalue weighted by atomic mass is 35.5. The van der Waals surface area contributed by atoms with Gasteiger partial charge in [-0.1, -0.05) is 11.6 Å². The summed E-state index contributed by atoms with van der Waals surface area (Å²) in [5, 5.41) is 4.57. The molecular formula is C9H11ClN4. The maximum Gasteiger partial charge on any atom is 0.153 e. The van der Waals surface area contributed by atoms with E-state index in [2.05, 4.69) is 10.1 Å². The minimum absolute atomic E-state index is 0.472. The van der Waals surface area contributed by atoms with Gasteiger partial charge in [0, 0.05) is 0 Å². The zero-order valence-electron chi connectivity index (χ0n) is 7.65. The van der Waals surface area contributed by atoms with Crippen LogP contribution in [-0.4, -0.2) is 21.1 Å².